The number of aliphatic hydroxyl groups is 1. The topological polar surface area (TPSA) is 109 Å². The van der Waals surface area contributed by atoms with E-state index in [4.69, 9.17) is 9.47 Å². The van der Waals surface area contributed by atoms with Gasteiger partial charge >= 0.3 is 6.03 Å². The largest absolute Gasteiger partial charge is 0.495 e. The summed E-state index contributed by atoms with van der Waals surface area (Å²) in [5.74, 6) is 0.376. The summed E-state index contributed by atoms with van der Waals surface area (Å²) < 4.78 is 11.1. The van der Waals surface area contributed by atoms with Crippen LogP contribution in [0.2, 0.25) is 0 Å². The van der Waals surface area contributed by atoms with E-state index in [-0.39, 0.29) is 25.0 Å². The Morgan fingerprint density at radius 1 is 1.09 bits per heavy atom. The minimum absolute atomic E-state index is 0.115. The highest BCUT2D eigenvalue weighted by molar-refractivity contribution is 5.91. The fourth-order valence-corrected chi connectivity index (χ4v) is 3.50. The van der Waals surface area contributed by atoms with E-state index in [1.54, 1.807) is 36.4 Å². The monoisotopic (exact) mass is 439 g/mol. The highest BCUT2D eigenvalue weighted by Crippen LogP contribution is 2.23. The summed E-state index contributed by atoms with van der Waals surface area (Å²) in [6, 6.07) is 15.6. The number of para-hydroxylation sites is 2. The van der Waals surface area contributed by atoms with Gasteiger partial charge in [-0.05, 0) is 24.6 Å². The van der Waals surface area contributed by atoms with Gasteiger partial charge in [0.05, 0.1) is 44.0 Å². The highest BCUT2D eigenvalue weighted by Gasteiger charge is 2.29. The molecule has 0 aromatic heterocycles. The zero-order valence-corrected chi connectivity index (χ0v) is 18.2. The van der Waals surface area contributed by atoms with Crippen LogP contribution in [0.4, 0.5) is 10.5 Å². The number of aliphatic hydroxyl groups excluding tert-OH is 1. The van der Waals surface area contributed by atoms with Crippen molar-refractivity contribution in [2.24, 2.45) is 0 Å². The smallest absolute Gasteiger partial charge is 0.319 e. The maximum atomic E-state index is 12.4. The van der Waals surface area contributed by atoms with E-state index < -0.39 is 24.3 Å². The summed E-state index contributed by atoms with van der Waals surface area (Å²) in [6.45, 7) is 1.62. The molecule has 4 N–H and O–H groups in total. The number of carbonyl (C=O) groups excluding carboxylic acids is 2. The maximum Gasteiger partial charge on any atom is 0.319 e. The number of rotatable bonds is 8. The molecule has 3 amide bonds. The molecule has 1 heterocycles. The minimum atomic E-state index is -0.673. The maximum absolute atomic E-state index is 12.4. The SMILES string of the molecule is COc1ccccc1NC(=O)N[C@H]1C=C[C@@H](CC(=O)N[C@@H](C)c2ccccc2)O[C@H]1CO. The Labute approximate surface area is 187 Å². The molecule has 0 unspecified atom stereocenters. The Morgan fingerprint density at radius 2 is 1.81 bits per heavy atom. The second-order valence-corrected chi connectivity index (χ2v) is 7.51. The van der Waals surface area contributed by atoms with Gasteiger partial charge in [-0.2, -0.15) is 0 Å². The lowest BCUT2D eigenvalue weighted by atomic mass is 10.0. The van der Waals surface area contributed by atoms with Crippen molar-refractivity contribution < 1.29 is 24.2 Å². The van der Waals surface area contributed by atoms with Crippen LogP contribution in [-0.4, -0.2) is 49.0 Å². The van der Waals surface area contributed by atoms with Crippen LogP contribution in [0.3, 0.4) is 0 Å². The molecule has 3 rings (SSSR count). The van der Waals surface area contributed by atoms with Crippen LogP contribution in [0.5, 0.6) is 5.75 Å². The molecule has 8 nitrogen and oxygen atoms in total. The van der Waals surface area contributed by atoms with Crippen LogP contribution < -0.4 is 20.7 Å². The van der Waals surface area contributed by atoms with Crippen molar-refractivity contribution in [1.82, 2.24) is 10.6 Å². The third-order valence-corrected chi connectivity index (χ3v) is 5.18. The number of carbonyl (C=O) groups is 2. The molecule has 0 radical (unpaired) electrons. The van der Waals surface area contributed by atoms with Crippen molar-refractivity contribution in [2.45, 2.75) is 37.6 Å². The molecule has 32 heavy (non-hydrogen) atoms. The molecule has 0 bridgehead atoms. The van der Waals surface area contributed by atoms with E-state index in [0.717, 1.165) is 5.56 Å². The van der Waals surface area contributed by atoms with E-state index in [2.05, 4.69) is 16.0 Å². The van der Waals surface area contributed by atoms with E-state index >= 15 is 0 Å². The summed E-state index contributed by atoms with van der Waals surface area (Å²) in [7, 11) is 1.52. The van der Waals surface area contributed by atoms with Gasteiger partial charge in [-0.25, -0.2) is 4.79 Å². The molecule has 0 saturated carbocycles. The molecule has 0 aliphatic carbocycles. The summed E-state index contributed by atoms with van der Waals surface area (Å²) in [5.41, 5.74) is 1.54. The van der Waals surface area contributed by atoms with Gasteiger partial charge in [-0.3, -0.25) is 4.79 Å². The van der Waals surface area contributed by atoms with Crippen molar-refractivity contribution >= 4 is 17.6 Å². The predicted octanol–water partition coefficient (Wildman–Crippen LogP) is 2.77. The minimum Gasteiger partial charge on any atom is -0.495 e. The Bertz CT molecular complexity index is 934. The normalized spacial score (nSPS) is 20.8. The van der Waals surface area contributed by atoms with Crippen molar-refractivity contribution in [3.05, 3.63) is 72.3 Å². The van der Waals surface area contributed by atoms with Gasteiger partial charge < -0.3 is 30.5 Å². The Hall–Kier alpha value is -3.36. The first kappa shape index (κ1) is 23.3. The number of nitrogens with one attached hydrogen (secondary N) is 3. The third-order valence-electron chi connectivity index (χ3n) is 5.18. The average Bonchev–Trinajstić information content (AvgIpc) is 2.80. The Morgan fingerprint density at radius 3 is 2.53 bits per heavy atom. The quantitative estimate of drug-likeness (QED) is 0.473. The van der Waals surface area contributed by atoms with Crippen LogP contribution in [0.1, 0.15) is 24.9 Å². The molecule has 170 valence electrons. The van der Waals surface area contributed by atoms with Crippen molar-refractivity contribution in [3.63, 3.8) is 0 Å². The average molecular weight is 440 g/mol. The summed E-state index contributed by atoms with van der Waals surface area (Å²) in [4.78, 5) is 24.8. The number of anilines is 1. The summed E-state index contributed by atoms with van der Waals surface area (Å²) in [5, 5.41) is 18.2. The lowest BCUT2D eigenvalue weighted by Crippen LogP contribution is -2.50. The van der Waals surface area contributed by atoms with E-state index in [0.29, 0.717) is 11.4 Å². The van der Waals surface area contributed by atoms with Crippen LogP contribution in [0.15, 0.2) is 66.7 Å². The van der Waals surface area contributed by atoms with Crippen LogP contribution in [-0.2, 0) is 9.53 Å². The molecule has 2 aromatic rings. The van der Waals surface area contributed by atoms with Crippen molar-refractivity contribution in [3.8, 4) is 5.75 Å². The second-order valence-electron chi connectivity index (χ2n) is 7.51. The molecule has 1 aliphatic heterocycles. The first-order chi connectivity index (χ1) is 15.5. The molecule has 2 aromatic carbocycles. The number of amides is 3. The molecular formula is C24H29N3O5. The lowest BCUT2D eigenvalue weighted by Gasteiger charge is -2.32. The van der Waals surface area contributed by atoms with Crippen molar-refractivity contribution in [2.75, 3.05) is 19.0 Å². The fraction of sp³-hybridized carbons (Fsp3) is 0.333. The van der Waals surface area contributed by atoms with Crippen LogP contribution >= 0.6 is 0 Å². The number of methoxy groups -OCH3 is 1. The fourth-order valence-electron chi connectivity index (χ4n) is 3.50. The first-order valence-corrected chi connectivity index (χ1v) is 10.5. The van der Waals surface area contributed by atoms with Gasteiger partial charge in [0, 0.05) is 0 Å². The zero-order chi connectivity index (χ0) is 22.9. The number of hydrogen-bond acceptors (Lipinski definition) is 5. The van der Waals surface area contributed by atoms with E-state index in [1.807, 2.05) is 37.3 Å². The van der Waals surface area contributed by atoms with Crippen LogP contribution in [0, 0.1) is 0 Å². The van der Waals surface area contributed by atoms with Gasteiger partial charge in [0.15, 0.2) is 0 Å². The van der Waals surface area contributed by atoms with Gasteiger partial charge in [0.2, 0.25) is 5.91 Å². The number of benzene rings is 2. The Balaban J connectivity index is 1.53. The third kappa shape index (κ3) is 6.32. The highest BCUT2D eigenvalue weighted by atomic mass is 16.5. The number of hydrogen-bond donors (Lipinski definition) is 4. The van der Waals surface area contributed by atoms with Crippen LogP contribution in [0.25, 0.3) is 0 Å². The second kappa shape index (κ2) is 11.3. The van der Waals surface area contributed by atoms with Gasteiger partial charge in [0.1, 0.15) is 11.9 Å². The molecular weight excluding hydrogens is 410 g/mol. The van der Waals surface area contributed by atoms with Gasteiger partial charge in [0.25, 0.3) is 0 Å². The standard InChI is InChI=1S/C24H29N3O5/c1-16(17-8-4-3-5-9-17)25-23(29)14-18-12-13-20(22(15-28)32-18)27-24(30)26-19-10-6-7-11-21(19)31-2/h3-13,16,18,20,22,28H,14-15H2,1-2H3,(H,25,29)(H2,26,27,30)/t16-,18-,20-,22-/m0/s1. The molecule has 1 aliphatic rings. The zero-order valence-electron chi connectivity index (χ0n) is 18.2. The summed E-state index contributed by atoms with van der Waals surface area (Å²) in [6.07, 6.45) is 2.42. The number of urea groups is 1. The van der Waals surface area contributed by atoms with E-state index in [1.165, 1.54) is 7.11 Å². The van der Waals surface area contributed by atoms with Gasteiger partial charge in [-0.1, -0.05) is 54.6 Å². The van der Waals surface area contributed by atoms with Gasteiger partial charge in [-0.15, -0.1) is 0 Å². The Kier molecular flexibility index (Phi) is 8.24. The van der Waals surface area contributed by atoms with Crippen molar-refractivity contribution in [1.29, 1.82) is 0 Å². The number of ether oxygens (including phenoxy) is 2. The predicted molar refractivity (Wildman–Crippen MR) is 121 cm³/mol. The molecule has 0 fully saturated rings. The first-order valence-electron chi connectivity index (χ1n) is 10.5. The van der Waals surface area contributed by atoms with E-state index in [9.17, 15) is 14.7 Å². The molecule has 0 saturated heterocycles. The molecule has 4 atom stereocenters. The summed E-state index contributed by atoms with van der Waals surface area (Å²) >= 11 is 0. The molecule has 0 spiro atoms. The lowest BCUT2D eigenvalue weighted by molar-refractivity contribution is -0.125. The molecule has 8 heteroatoms.